The smallest absolute Gasteiger partial charge is 0.204 e. The molecule has 0 unspecified atom stereocenters. The highest BCUT2D eigenvalue weighted by Crippen LogP contribution is 2.48. The SMILES string of the molecule is COc1c(OCCCN2CCN(C)CC2)cc2nc(N)c(C#N)c(-c3ccccc3)c2c1OC. The van der Waals surface area contributed by atoms with Crippen LogP contribution in [-0.4, -0.2) is 75.4 Å². The number of hydrogen-bond donors (Lipinski definition) is 1. The molecular weight excluding hydrogens is 430 g/mol. The van der Waals surface area contributed by atoms with Crippen molar-refractivity contribution in [1.29, 1.82) is 5.26 Å². The van der Waals surface area contributed by atoms with Crippen LogP contribution in [0.15, 0.2) is 36.4 Å². The molecule has 0 aliphatic carbocycles. The molecule has 178 valence electrons. The number of nitrogens with zero attached hydrogens (tertiary/aromatic N) is 4. The Morgan fingerprint density at radius 3 is 2.41 bits per heavy atom. The largest absolute Gasteiger partial charge is 0.492 e. The summed E-state index contributed by atoms with van der Waals surface area (Å²) in [7, 11) is 5.31. The third kappa shape index (κ3) is 4.72. The molecule has 1 aliphatic heterocycles. The topological polar surface area (TPSA) is 96.9 Å². The van der Waals surface area contributed by atoms with Gasteiger partial charge in [-0.15, -0.1) is 0 Å². The van der Waals surface area contributed by atoms with Gasteiger partial charge in [-0.05, 0) is 19.0 Å². The van der Waals surface area contributed by atoms with Crippen molar-refractivity contribution in [3.8, 4) is 34.4 Å². The Bertz CT molecular complexity index is 1180. The fourth-order valence-corrected chi connectivity index (χ4v) is 4.42. The lowest BCUT2D eigenvalue weighted by Crippen LogP contribution is -2.44. The van der Waals surface area contributed by atoms with E-state index in [-0.39, 0.29) is 5.82 Å². The van der Waals surface area contributed by atoms with Gasteiger partial charge in [0.05, 0.1) is 31.7 Å². The van der Waals surface area contributed by atoms with E-state index in [0.717, 1.165) is 44.7 Å². The van der Waals surface area contributed by atoms with Gasteiger partial charge in [0.15, 0.2) is 11.5 Å². The van der Waals surface area contributed by atoms with Crippen molar-refractivity contribution in [1.82, 2.24) is 14.8 Å². The molecule has 1 saturated heterocycles. The van der Waals surface area contributed by atoms with Gasteiger partial charge in [0.25, 0.3) is 0 Å². The first-order chi connectivity index (χ1) is 16.6. The van der Waals surface area contributed by atoms with E-state index in [4.69, 9.17) is 19.9 Å². The first-order valence-electron chi connectivity index (χ1n) is 11.4. The van der Waals surface area contributed by atoms with Crippen LogP contribution >= 0.6 is 0 Å². The number of nitrogen functional groups attached to an aromatic ring is 1. The monoisotopic (exact) mass is 461 g/mol. The number of likely N-dealkylation sites (N-methyl/N-ethyl adjacent to an activating group) is 1. The summed E-state index contributed by atoms with van der Waals surface area (Å²) < 4.78 is 17.7. The van der Waals surface area contributed by atoms with Gasteiger partial charge < -0.3 is 29.7 Å². The maximum atomic E-state index is 9.86. The van der Waals surface area contributed by atoms with E-state index >= 15 is 0 Å². The molecule has 0 saturated carbocycles. The van der Waals surface area contributed by atoms with Crippen molar-refractivity contribution < 1.29 is 14.2 Å². The molecule has 0 atom stereocenters. The van der Waals surface area contributed by atoms with Crippen LogP contribution in [0.1, 0.15) is 12.0 Å². The first kappa shape index (κ1) is 23.6. The highest BCUT2D eigenvalue weighted by Gasteiger charge is 2.24. The van der Waals surface area contributed by atoms with Crippen LogP contribution in [0.4, 0.5) is 5.82 Å². The second kappa shape index (κ2) is 10.6. The maximum Gasteiger partial charge on any atom is 0.204 e. The quantitative estimate of drug-likeness (QED) is 0.510. The molecule has 0 amide bonds. The van der Waals surface area contributed by atoms with E-state index in [1.54, 1.807) is 14.2 Å². The summed E-state index contributed by atoms with van der Waals surface area (Å²) in [5.41, 5.74) is 8.61. The number of ether oxygens (including phenoxy) is 3. The molecular formula is C26H31N5O3. The number of pyridine rings is 1. The zero-order chi connectivity index (χ0) is 24.1. The van der Waals surface area contributed by atoms with E-state index in [9.17, 15) is 5.26 Å². The number of fused-ring (bicyclic) bond motifs is 1. The van der Waals surface area contributed by atoms with Gasteiger partial charge in [0.2, 0.25) is 5.75 Å². The Hall–Kier alpha value is -3.54. The van der Waals surface area contributed by atoms with Crippen molar-refractivity contribution >= 4 is 16.7 Å². The summed E-state index contributed by atoms with van der Waals surface area (Å²) >= 11 is 0. The second-order valence-corrected chi connectivity index (χ2v) is 8.41. The van der Waals surface area contributed by atoms with Crippen LogP contribution in [0.5, 0.6) is 17.2 Å². The summed E-state index contributed by atoms with van der Waals surface area (Å²) in [6, 6.07) is 13.7. The zero-order valence-electron chi connectivity index (χ0n) is 20.0. The number of aromatic nitrogens is 1. The number of nitrogens with two attached hydrogens (primary N) is 1. The highest BCUT2D eigenvalue weighted by atomic mass is 16.5. The predicted molar refractivity (Wildman–Crippen MR) is 133 cm³/mol. The highest BCUT2D eigenvalue weighted by molar-refractivity contribution is 6.05. The molecule has 0 radical (unpaired) electrons. The van der Waals surface area contributed by atoms with Crippen molar-refractivity contribution in [3.05, 3.63) is 42.0 Å². The van der Waals surface area contributed by atoms with Crippen LogP contribution in [-0.2, 0) is 0 Å². The minimum absolute atomic E-state index is 0.169. The number of rotatable bonds is 8. The minimum atomic E-state index is 0.169. The van der Waals surface area contributed by atoms with Crippen LogP contribution in [0, 0.1) is 11.3 Å². The Kier molecular flexibility index (Phi) is 7.36. The molecule has 2 N–H and O–H groups in total. The van der Waals surface area contributed by atoms with Gasteiger partial charge in [-0.2, -0.15) is 5.26 Å². The summed E-state index contributed by atoms with van der Waals surface area (Å²) in [6.07, 6.45) is 0.894. The summed E-state index contributed by atoms with van der Waals surface area (Å²) in [4.78, 5) is 9.32. The number of methoxy groups -OCH3 is 2. The molecule has 8 heteroatoms. The molecule has 2 heterocycles. The Morgan fingerprint density at radius 2 is 1.76 bits per heavy atom. The van der Waals surface area contributed by atoms with Gasteiger partial charge in [-0.25, -0.2) is 4.98 Å². The second-order valence-electron chi connectivity index (χ2n) is 8.41. The maximum absolute atomic E-state index is 9.86. The van der Waals surface area contributed by atoms with E-state index in [1.807, 2.05) is 36.4 Å². The average molecular weight is 462 g/mol. The van der Waals surface area contributed by atoms with Crippen LogP contribution in [0.25, 0.3) is 22.0 Å². The molecule has 8 nitrogen and oxygen atoms in total. The number of benzene rings is 2. The average Bonchev–Trinajstić information content (AvgIpc) is 2.86. The Balaban J connectivity index is 1.69. The van der Waals surface area contributed by atoms with Crippen molar-refractivity contribution in [3.63, 3.8) is 0 Å². The van der Waals surface area contributed by atoms with E-state index < -0.39 is 0 Å². The normalized spacial score (nSPS) is 14.6. The van der Waals surface area contributed by atoms with Crippen molar-refractivity contribution in [2.24, 2.45) is 0 Å². The summed E-state index contributed by atoms with van der Waals surface area (Å²) in [5.74, 6) is 1.65. The molecule has 2 aromatic carbocycles. The predicted octanol–water partition coefficient (Wildman–Crippen LogP) is 3.39. The lowest BCUT2D eigenvalue weighted by Gasteiger charge is -2.32. The number of anilines is 1. The van der Waals surface area contributed by atoms with Crippen LogP contribution in [0.2, 0.25) is 0 Å². The molecule has 1 aromatic heterocycles. The van der Waals surface area contributed by atoms with E-state index in [0.29, 0.717) is 45.9 Å². The van der Waals surface area contributed by atoms with Gasteiger partial charge in [-0.3, -0.25) is 0 Å². The van der Waals surface area contributed by atoms with Gasteiger partial charge in [-0.1, -0.05) is 30.3 Å². The van der Waals surface area contributed by atoms with E-state index in [1.165, 1.54) is 0 Å². The molecule has 4 rings (SSSR count). The zero-order valence-corrected chi connectivity index (χ0v) is 20.0. The summed E-state index contributed by atoms with van der Waals surface area (Å²) in [6.45, 7) is 5.87. The van der Waals surface area contributed by atoms with Gasteiger partial charge in [0, 0.05) is 44.4 Å². The fraction of sp³-hybridized carbons (Fsp3) is 0.385. The Morgan fingerprint density at radius 1 is 1.06 bits per heavy atom. The van der Waals surface area contributed by atoms with Crippen molar-refractivity contribution in [2.75, 3.05) is 66.3 Å². The first-order valence-corrected chi connectivity index (χ1v) is 11.4. The van der Waals surface area contributed by atoms with Crippen molar-refractivity contribution in [2.45, 2.75) is 6.42 Å². The standard InChI is InChI=1S/C26H31N5O3/c1-30-11-13-31(14-12-30)10-7-15-34-21-16-20-23(25(33-3)24(21)32-2)22(18-8-5-4-6-9-18)19(17-27)26(28)29-20/h4-6,8-9,16H,7,10-15H2,1-3H3,(H2,28,29). The number of nitriles is 1. The third-order valence-electron chi connectivity index (χ3n) is 6.23. The number of hydrogen-bond acceptors (Lipinski definition) is 8. The molecule has 1 fully saturated rings. The van der Waals surface area contributed by atoms with Crippen LogP contribution in [0.3, 0.4) is 0 Å². The minimum Gasteiger partial charge on any atom is -0.492 e. The number of piperazine rings is 1. The third-order valence-corrected chi connectivity index (χ3v) is 6.23. The fourth-order valence-electron chi connectivity index (χ4n) is 4.42. The molecule has 3 aromatic rings. The lowest BCUT2D eigenvalue weighted by molar-refractivity contribution is 0.145. The van der Waals surface area contributed by atoms with Gasteiger partial charge in [0.1, 0.15) is 17.5 Å². The molecule has 0 spiro atoms. The van der Waals surface area contributed by atoms with Crippen LogP contribution < -0.4 is 19.9 Å². The summed E-state index contributed by atoms with van der Waals surface area (Å²) in [5, 5.41) is 10.5. The molecule has 0 bridgehead atoms. The molecule has 34 heavy (non-hydrogen) atoms. The Labute approximate surface area is 200 Å². The molecule has 1 aliphatic rings. The van der Waals surface area contributed by atoms with E-state index in [2.05, 4.69) is 27.9 Å². The van der Waals surface area contributed by atoms with Gasteiger partial charge >= 0.3 is 0 Å². The lowest BCUT2D eigenvalue weighted by atomic mass is 9.95.